The van der Waals surface area contributed by atoms with Crippen molar-refractivity contribution in [1.82, 2.24) is 20.2 Å². The number of carbonyl (C=O) groups excluding carboxylic acids is 1. The molecule has 1 unspecified atom stereocenters. The Labute approximate surface area is 227 Å². The molecule has 1 fully saturated rings. The second-order valence-electron chi connectivity index (χ2n) is 8.89. The molecule has 1 aromatic heterocycles. The van der Waals surface area contributed by atoms with E-state index in [0.717, 1.165) is 35.7 Å². The number of hydrogen-bond donors (Lipinski definition) is 1. The van der Waals surface area contributed by atoms with Crippen LogP contribution in [0.5, 0.6) is 5.75 Å². The summed E-state index contributed by atoms with van der Waals surface area (Å²) >= 11 is 16.0. The topological polar surface area (TPSA) is 91.2 Å². The Hall–Kier alpha value is -2.62. The highest BCUT2D eigenvalue weighted by molar-refractivity contribution is 9.10. The van der Waals surface area contributed by atoms with Crippen molar-refractivity contribution >= 4 is 51.0 Å². The molecule has 0 radical (unpaired) electrons. The standard InChI is InChI=1S/C25H24BrCl2N5O3/c1-14-22(24(34)36-18-5-3-2-4-6-18)23(33-25(29-14)30-31-32-33)19-11-16(26)8-10-21(19)35-13-15-7-9-17(27)12-20(15)28/h7-12,18,23H,2-6,13H2,1H3,(H,29,30,32). The number of nitrogens with zero attached hydrogens (tertiary/aromatic N) is 4. The third kappa shape index (κ3) is 5.23. The Kier molecular flexibility index (Phi) is 7.50. The van der Waals surface area contributed by atoms with E-state index in [4.69, 9.17) is 32.7 Å². The van der Waals surface area contributed by atoms with E-state index in [-0.39, 0.29) is 18.7 Å². The smallest absolute Gasteiger partial charge is 0.338 e. The minimum Gasteiger partial charge on any atom is -0.488 e. The predicted octanol–water partition coefficient (Wildman–Crippen LogP) is 6.49. The number of tetrazole rings is 1. The number of esters is 1. The van der Waals surface area contributed by atoms with Crippen LogP contribution in [0.15, 0.2) is 52.1 Å². The van der Waals surface area contributed by atoms with Crippen LogP contribution >= 0.6 is 39.1 Å². The molecule has 36 heavy (non-hydrogen) atoms. The summed E-state index contributed by atoms with van der Waals surface area (Å²) in [5, 5.41) is 16.3. The van der Waals surface area contributed by atoms with Crippen molar-refractivity contribution in [3.05, 3.63) is 73.3 Å². The molecular weight excluding hydrogens is 569 g/mol. The van der Waals surface area contributed by atoms with E-state index in [1.165, 1.54) is 6.42 Å². The first-order valence-electron chi connectivity index (χ1n) is 11.7. The number of hydrogen-bond acceptors (Lipinski definition) is 7. The summed E-state index contributed by atoms with van der Waals surface area (Å²) in [6.45, 7) is 2.04. The maximum Gasteiger partial charge on any atom is 0.338 e. The van der Waals surface area contributed by atoms with Crippen molar-refractivity contribution < 1.29 is 14.3 Å². The highest BCUT2D eigenvalue weighted by Crippen LogP contribution is 2.41. The number of halogens is 3. The first-order chi connectivity index (χ1) is 17.4. The molecule has 1 aliphatic carbocycles. The third-order valence-electron chi connectivity index (χ3n) is 6.42. The minimum absolute atomic E-state index is 0.0901. The molecular formula is C25H24BrCl2N5O3. The second-order valence-corrected chi connectivity index (χ2v) is 10.6. The molecule has 0 saturated heterocycles. The highest BCUT2D eigenvalue weighted by atomic mass is 79.9. The van der Waals surface area contributed by atoms with E-state index >= 15 is 0 Å². The van der Waals surface area contributed by atoms with Gasteiger partial charge in [-0.25, -0.2) is 4.79 Å². The molecule has 1 aliphatic heterocycles. The van der Waals surface area contributed by atoms with Crippen LogP contribution in [0.2, 0.25) is 10.0 Å². The van der Waals surface area contributed by atoms with Crippen LogP contribution in [0.25, 0.3) is 0 Å². The van der Waals surface area contributed by atoms with Crippen LogP contribution < -0.4 is 10.1 Å². The maximum absolute atomic E-state index is 13.6. The number of ether oxygens (including phenoxy) is 2. The van der Waals surface area contributed by atoms with Gasteiger partial charge in [-0.2, -0.15) is 4.68 Å². The van der Waals surface area contributed by atoms with E-state index < -0.39 is 6.04 Å². The number of fused-ring (bicyclic) bond motifs is 1. The number of carbonyl (C=O) groups is 1. The lowest BCUT2D eigenvalue weighted by atomic mass is 9.94. The van der Waals surface area contributed by atoms with Crippen molar-refractivity contribution in [2.45, 2.75) is 57.8 Å². The fraction of sp³-hybridized carbons (Fsp3) is 0.360. The lowest BCUT2D eigenvalue weighted by molar-refractivity contribution is -0.146. The van der Waals surface area contributed by atoms with Gasteiger partial charge in [0.15, 0.2) is 0 Å². The fourth-order valence-corrected chi connectivity index (χ4v) is 5.46. The normalized spacial score (nSPS) is 17.9. The van der Waals surface area contributed by atoms with E-state index in [2.05, 4.69) is 36.8 Å². The minimum atomic E-state index is -0.652. The summed E-state index contributed by atoms with van der Waals surface area (Å²) in [4.78, 5) is 13.6. The Balaban J connectivity index is 1.51. The van der Waals surface area contributed by atoms with Gasteiger partial charge in [0, 0.05) is 31.3 Å². The molecule has 1 N–H and O–H groups in total. The molecule has 0 spiro atoms. The highest BCUT2D eigenvalue weighted by Gasteiger charge is 2.37. The lowest BCUT2D eigenvalue weighted by Gasteiger charge is -2.30. The van der Waals surface area contributed by atoms with Gasteiger partial charge >= 0.3 is 5.97 Å². The summed E-state index contributed by atoms with van der Waals surface area (Å²) in [5.74, 6) is 0.608. The zero-order chi connectivity index (χ0) is 25.2. The second kappa shape index (κ2) is 10.8. The largest absolute Gasteiger partial charge is 0.488 e. The van der Waals surface area contributed by atoms with E-state index in [9.17, 15) is 4.79 Å². The van der Waals surface area contributed by atoms with Gasteiger partial charge in [-0.3, -0.25) is 0 Å². The molecule has 0 bridgehead atoms. The number of anilines is 1. The SMILES string of the molecule is CC1=C(C(=O)OC2CCCCC2)C(c2cc(Br)ccc2OCc2ccc(Cl)cc2Cl)n2nnnc2N1. The lowest BCUT2D eigenvalue weighted by Crippen LogP contribution is -2.32. The summed E-state index contributed by atoms with van der Waals surface area (Å²) in [5.41, 5.74) is 2.56. The van der Waals surface area contributed by atoms with Crippen molar-refractivity contribution in [3.8, 4) is 5.75 Å². The molecule has 1 atom stereocenters. The Morgan fingerprint density at radius 2 is 1.97 bits per heavy atom. The number of allylic oxidation sites excluding steroid dienone is 1. The molecule has 2 aliphatic rings. The third-order valence-corrected chi connectivity index (χ3v) is 7.50. The molecule has 11 heteroatoms. The number of benzene rings is 2. The van der Waals surface area contributed by atoms with Crippen molar-refractivity contribution in [3.63, 3.8) is 0 Å². The van der Waals surface area contributed by atoms with Crippen molar-refractivity contribution in [2.24, 2.45) is 0 Å². The summed E-state index contributed by atoms with van der Waals surface area (Å²) < 4.78 is 14.6. The molecule has 2 heterocycles. The van der Waals surface area contributed by atoms with Gasteiger partial charge in [0.25, 0.3) is 0 Å². The quantitative estimate of drug-likeness (QED) is 0.327. The van der Waals surface area contributed by atoms with Gasteiger partial charge in [-0.15, -0.1) is 0 Å². The average molecular weight is 593 g/mol. The monoisotopic (exact) mass is 591 g/mol. The molecule has 0 amide bonds. The number of nitrogens with one attached hydrogen (secondary N) is 1. The van der Waals surface area contributed by atoms with Gasteiger partial charge in [-0.05, 0) is 73.4 Å². The van der Waals surface area contributed by atoms with Crippen LogP contribution in [0.3, 0.4) is 0 Å². The van der Waals surface area contributed by atoms with Crippen molar-refractivity contribution in [1.29, 1.82) is 0 Å². The van der Waals surface area contributed by atoms with Gasteiger partial charge in [0.05, 0.1) is 5.57 Å². The predicted molar refractivity (Wildman–Crippen MR) is 140 cm³/mol. The summed E-state index contributed by atoms with van der Waals surface area (Å²) in [6, 6.07) is 10.2. The van der Waals surface area contributed by atoms with Crippen LogP contribution in [0.1, 0.15) is 56.2 Å². The van der Waals surface area contributed by atoms with Crippen molar-refractivity contribution in [2.75, 3.05) is 5.32 Å². The molecule has 188 valence electrons. The molecule has 5 rings (SSSR count). The van der Waals surface area contributed by atoms with Crippen LogP contribution in [-0.4, -0.2) is 32.3 Å². The summed E-state index contributed by atoms with van der Waals surface area (Å²) in [7, 11) is 0. The van der Waals surface area contributed by atoms with Gasteiger partial charge in [0.1, 0.15) is 24.5 Å². The maximum atomic E-state index is 13.6. The zero-order valence-corrected chi connectivity index (χ0v) is 22.6. The Morgan fingerprint density at radius 1 is 1.17 bits per heavy atom. The van der Waals surface area contributed by atoms with Gasteiger partial charge < -0.3 is 14.8 Å². The zero-order valence-electron chi connectivity index (χ0n) is 19.5. The van der Waals surface area contributed by atoms with E-state index in [1.807, 2.05) is 31.2 Å². The van der Waals surface area contributed by atoms with Crippen LogP contribution in [0, 0.1) is 0 Å². The molecule has 2 aromatic carbocycles. The first-order valence-corrected chi connectivity index (χ1v) is 13.3. The fourth-order valence-electron chi connectivity index (χ4n) is 4.62. The average Bonchev–Trinajstić information content (AvgIpc) is 3.32. The summed E-state index contributed by atoms with van der Waals surface area (Å²) in [6.07, 6.45) is 4.95. The van der Waals surface area contributed by atoms with E-state index in [1.54, 1.807) is 16.8 Å². The van der Waals surface area contributed by atoms with Crippen LogP contribution in [-0.2, 0) is 16.1 Å². The molecule has 8 nitrogen and oxygen atoms in total. The van der Waals surface area contributed by atoms with Crippen LogP contribution in [0.4, 0.5) is 5.95 Å². The Bertz CT molecular complexity index is 1320. The number of rotatable bonds is 6. The molecule has 1 saturated carbocycles. The van der Waals surface area contributed by atoms with E-state index in [0.29, 0.717) is 38.6 Å². The first kappa shape index (κ1) is 25.0. The van der Waals surface area contributed by atoms with Gasteiger partial charge in [0.2, 0.25) is 5.95 Å². The Morgan fingerprint density at radius 3 is 2.75 bits per heavy atom. The van der Waals surface area contributed by atoms with Gasteiger partial charge in [-0.1, -0.05) is 56.7 Å². The number of aromatic nitrogens is 4. The molecule has 3 aromatic rings.